The van der Waals surface area contributed by atoms with E-state index in [1.165, 1.54) is 0 Å². The SMILES string of the molecule is CCNc1ccc(CN2CCCC2C(=O)NC)cn1. The summed E-state index contributed by atoms with van der Waals surface area (Å²) < 4.78 is 0. The summed E-state index contributed by atoms with van der Waals surface area (Å²) >= 11 is 0. The molecule has 1 aromatic rings. The number of carbonyl (C=O) groups is 1. The number of hydrogen-bond donors (Lipinski definition) is 2. The smallest absolute Gasteiger partial charge is 0.237 e. The van der Waals surface area contributed by atoms with Crippen LogP contribution in [-0.4, -0.2) is 42.0 Å². The van der Waals surface area contributed by atoms with Gasteiger partial charge in [0.2, 0.25) is 5.91 Å². The van der Waals surface area contributed by atoms with E-state index in [0.29, 0.717) is 0 Å². The lowest BCUT2D eigenvalue weighted by atomic mass is 10.2. The van der Waals surface area contributed by atoms with Crippen LogP contribution in [0.15, 0.2) is 18.3 Å². The summed E-state index contributed by atoms with van der Waals surface area (Å²) in [5, 5.41) is 5.92. The average molecular weight is 262 g/mol. The van der Waals surface area contributed by atoms with E-state index in [9.17, 15) is 4.79 Å². The van der Waals surface area contributed by atoms with Crippen LogP contribution in [-0.2, 0) is 11.3 Å². The van der Waals surface area contributed by atoms with Crippen LogP contribution in [0.5, 0.6) is 0 Å². The van der Waals surface area contributed by atoms with Crippen molar-refractivity contribution in [1.29, 1.82) is 0 Å². The highest BCUT2D eigenvalue weighted by atomic mass is 16.2. The van der Waals surface area contributed by atoms with Crippen LogP contribution < -0.4 is 10.6 Å². The van der Waals surface area contributed by atoms with E-state index in [1.807, 2.05) is 19.2 Å². The number of aromatic nitrogens is 1. The van der Waals surface area contributed by atoms with Gasteiger partial charge >= 0.3 is 0 Å². The van der Waals surface area contributed by atoms with Gasteiger partial charge in [0.05, 0.1) is 6.04 Å². The van der Waals surface area contributed by atoms with Gasteiger partial charge in [0.1, 0.15) is 5.82 Å². The van der Waals surface area contributed by atoms with Gasteiger partial charge in [0, 0.05) is 26.3 Å². The highest BCUT2D eigenvalue weighted by molar-refractivity contribution is 5.81. The van der Waals surface area contributed by atoms with E-state index in [4.69, 9.17) is 0 Å². The first-order valence-electron chi connectivity index (χ1n) is 6.89. The van der Waals surface area contributed by atoms with E-state index in [0.717, 1.165) is 43.9 Å². The maximum absolute atomic E-state index is 11.8. The first kappa shape index (κ1) is 13.8. The highest BCUT2D eigenvalue weighted by Gasteiger charge is 2.29. The summed E-state index contributed by atoms with van der Waals surface area (Å²) in [4.78, 5) is 18.4. The molecule has 0 aromatic carbocycles. The van der Waals surface area contributed by atoms with Crippen molar-refractivity contribution >= 4 is 11.7 Å². The van der Waals surface area contributed by atoms with Crippen LogP contribution in [0.3, 0.4) is 0 Å². The third-order valence-electron chi connectivity index (χ3n) is 3.48. The number of nitrogens with one attached hydrogen (secondary N) is 2. The van der Waals surface area contributed by atoms with E-state index >= 15 is 0 Å². The number of hydrogen-bond acceptors (Lipinski definition) is 4. The number of carbonyl (C=O) groups excluding carboxylic acids is 1. The Morgan fingerprint density at radius 2 is 2.37 bits per heavy atom. The quantitative estimate of drug-likeness (QED) is 0.838. The second-order valence-electron chi connectivity index (χ2n) is 4.82. The largest absolute Gasteiger partial charge is 0.370 e. The number of likely N-dealkylation sites (N-methyl/N-ethyl adjacent to an activating group) is 1. The average Bonchev–Trinajstić information content (AvgIpc) is 2.88. The molecule has 2 N–H and O–H groups in total. The minimum Gasteiger partial charge on any atom is -0.370 e. The highest BCUT2D eigenvalue weighted by Crippen LogP contribution is 2.20. The van der Waals surface area contributed by atoms with Crippen LogP contribution in [0.4, 0.5) is 5.82 Å². The van der Waals surface area contributed by atoms with Crippen LogP contribution in [0.2, 0.25) is 0 Å². The van der Waals surface area contributed by atoms with Gasteiger partial charge in [-0.1, -0.05) is 6.07 Å². The lowest BCUT2D eigenvalue weighted by Crippen LogP contribution is -2.41. The maximum atomic E-state index is 11.8. The van der Waals surface area contributed by atoms with E-state index in [2.05, 4.69) is 26.6 Å². The van der Waals surface area contributed by atoms with Crippen LogP contribution in [0.25, 0.3) is 0 Å². The lowest BCUT2D eigenvalue weighted by molar-refractivity contribution is -0.125. The molecule has 1 fully saturated rings. The van der Waals surface area contributed by atoms with Crippen molar-refractivity contribution < 1.29 is 4.79 Å². The molecule has 1 aliphatic heterocycles. The number of likely N-dealkylation sites (tertiary alicyclic amines) is 1. The fourth-order valence-electron chi connectivity index (χ4n) is 2.52. The molecule has 1 unspecified atom stereocenters. The number of pyridine rings is 1. The van der Waals surface area contributed by atoms with Crippen molar-refractivity contribution in [2.75, 3.05) is 25.5 Å². The van der Waals surface area contributed by atoms with Crippen molar-refractivity contribution in [1.82, 2.24) is 15.2 Å². The van der Waals surface area contributed by atoms with Gasteiger partial charge in [-0.05, 0) is 37.9 Å². The number of nitrogens with zero attached hydrogens (tertiary/aromatic N) is 2. The molecule has 2 rings (SSSR count). The molecule has 1 atom stereocenters. The molecule has 5 nitrogen and oxygen atoms in total. The van der Waals surface area contributed by atoms with Gasteiger partial charge in [-0.2, -0.15) is 0 Å². The van der Waals surface area contributed by atoms with Crippen molar-refractivity contribution in [2.24, 2.45) is 0 Å². The first-order chi connectivity index (χ1) is 9.24. The van der Waals surface area contributed by atoms with Crippen molar-refractivity contribution in [2.45, 2.75) is 32.4 Å². The second kappa shape index (κ2) is 6.52. The topological polar surface area (TPSA) is 57.3 Å². The fraction of sp³-hybridized carbons (Fsp3) is 0.571. The third kappa shape index (κ3) is 3.44. The molecule has 1 amide bonds. The summed E-state index contributed by atoms with van der Waals surface area (Å²) in [5.41, 5.74) is 1.15. The zero-order valence-corrected chi connectivity index (χ0v) is 11.6. The Bertz CT molecular complexity index is 418. The Kier molecular flexibility index (Phi) is 4.74. The zero-order valence-electron chi connectivity index (χ0n) is 11.6. The lowest BCUT2D eigenvalue weighted by Gasteiger charge is -2.22. The molecule has 19 heavy (non-hydrogen) atoms. The minimum atomic E-state index is 0.0124. The van der Waals surface area contributed by atoms with Crippen LogP contribution in [0, 0.1) is 0 Å². The fourth-order valence-corrected chi connectivity index (χ4v) is 2.52. The van der Waals surface area contributed by atoms with Gasteiger partial charge in [-0.3, -0.25) is 9.69 Å². The molecule has 0 bridgehead atoms. The number of anilines is 1. The second-order valence-corrected chi connectivity index (χ2v) is 4.82. The molecule has 0 spiro atoms. The van der Waals surface area contributed by atoms with Gasteiger partial charge < -0.3 is 10.6 Å². The molecule has 0 radical (unpaired) electrons. The minimum absolute atomic E-state index is 0.0124. The number of amides is 1. The molecule has 104 valence electrons. The maximum Gasteiger partial charge on any atom is 0.237 e. The van der Waals surface area contributed by atoms with Gasteiger partial charge in [-0.15, -0.1) is 0 Å². The van der Waals surface area contributed by atoms with Gasteiger partial charge in [-0.25, -0.2) is 4.98 Å². The Balaban J connectivity index is 1.98. The summed E-state index contributed by atoms with van der Waals surface area (Å²) in [6, 6.07) is 4.08. The molecule has 1 saturated heterocycles. The summed E-state index contributed by atoms with van der Waals surface area (Å²) in [6.07, 6.45) is 3.92. The monoisotopic (exact) mass is 262 g/mol. The molecule has 2 heterocycles. The van der Waals surface area contributed by atoms with Crippen molar-refractivity contribution in [3.8, 4) is 0 Å². The Hall–Kier alpha value is -1.62. The molecule has 1 aromatic heterocycles. The van der Waals surface area contributed by atoms with E-state index in [-0.39, 0.29) is 11.9 Å². The van der Waals surface area contributed by atoms with Crippen LogP contribution >= 0.6 is 0 Å². The van der Waals surface area contributed by atoms with Crippen molar-refractivity contribution in [3.05, 3.63) is 23.9 Å². The van der Waals surface area contributed by atoms with E-state index in [1.54, 1.807) is 7.05 Å². The predicted molar refractivity (Wildman–Crippen MR) is 75.9 cm³/mol. The van der Waals surface area contributed by atoms with Crippen molar-refractivity contribution in [3.63, 3.8) is 0 Å². The molecule has 1 aliphatic rings. The van der Waals surface area contributed by atoms with Crippen LogP contribution in [0.1, 0.15) is 25.3 Å². The molecular formula is C14H22N4O. The summed E-state index contributed by atoms with van der Waals surface area (Å²) in [6.45, 7) is 4.69. The Morgan fingerprint density at radius 1 is 1.53 bits per heavy atom. The standard InChI is InChI=1S/C14H22N4O/c1-3-16-13-7-6-11(9-17-13)10-18-8-4-5-12(18)14(19)15-2/h6-7,9,12H,3-5,8,10H2,1-2H3,(H,15,19)(H,16,17). The Labute approximate surface area is 114 Å². The summed E-state index contributed by atoms with van der Waals surface area (Å²) in [7, 11) is 1.70. The summed E-state index contributed by atoms with van der Waals surface area (Å²) in [5.74, 6) is 1.02. The molecule has 5 heteroatoms. The normalized spacial score (nSPS) is 19.4. The molecule has 0 aliphatic carbocycles. The third-order valence-corrected chi connectivity index (χ3v) is 3.48. The predicted octanol–water partition coefficient (Wildman–Crippen LogP) is 1.22. The molecular weight excluding hydrogens is 240 g/mol. The Morgan fingerprint density at radius 3 is 3.00 bits per heavy atom. The number of rotatable bonds is 5. The first-order valence-corrected chi connectivity index (χ1v) is 6.89. The molecule has 0 saturated carbocycles. The van der Waals surface area contributed by atoms with E-state index < -0.39 is 0 Å². The van der Waals surface area contributed by atoms with Gasteiger partial charge in [0.25, 0.3) is 0 Å². The van der Waals surface area contributed by atoms with Gasteiger partial charge in [0.15, 0.2) is 0 Å². The zero-order chi connectivity index (χ0) is 13.7.